The van der Waals surface area contributed by atoms with E-state index in [1.807, 2.05) is 7.05 Å². The molecule has 0 saturated heterocycles. The molecule has 3 heteroatoms. The van der Waals surface area contributed by atoms with Crippen LogP contribution in [-0.2, 0) is 0 Å². The standard InChI is InChI=1S/C4H11BNO/c1-3-4-6(2)5-7/h7H,3-4H2,1-2H3. The molecule has 0 rings (SSSR count). The zero-order valence-electron chi connectivity index (χ0n) is 4.89. The minimum Gasteiger partial charge on any atom is -0.440 e. The molecule has 0 saturated carbocycles. The summed E-state index contributed by atoms with van der Waals surface area (Å²) in [4.78, 5) is 1.74. The maximum atomic E-state index is 8.27. The average Bonchev–Trinajstić information content (AvgIpc) is 1.68. The first-order valence-corrected chi connectivity index (χ1v) is 2.49. The Bertz CT molecular complexity index is 42.7. The zero-order valence-corrected chi connectivity index (χ0v) is 4.89. The first kappa shape index (κ1) is 6.98. The van der Waals surface area contributed by atoms with Crippen molar-refractivity contribution < 1.29 is 5.02 Å². The number of hydrogen-bond donors (Lipinski definition) is 1. The molecule has 0 aromatic rings. The second-order valence-electron chi connectivity index (χ2n) is 1.60. The Hall–Kier alpha value is -0.0151. The highest BCUT2D eigenvalue weighted by Crippen LogP contribution is 1.78. The summed E-state index contributed by atoms with van der Waals surface area (Å²) in [6.45, 7) is 3.00. The molecule has 0 aromatic carbocycles. The fourth-order valence-corrected chi connectivity index (χ4v) is 0.410. The van der Waals surface area contributed by atoms with Gasteiger partial charge in [-0.2, -0.15) is 0 Å². The van der Waals surface area contributed by atoms with E-state index in [4.69, 9.17) is 5.02 Å². The van der Waals surface area contributed by atoms with Gasteiger partial charge in [-0.25, -0.2) is 0 Å². The van der Waals surface area contributed by atoms with Gasteiger partial charge in [0.05, 0.1) is 0 Å². The summed E-state index contributed by atoms with van der Waals surface area (Å²) < 4.78 is 0. The quantitative estimate of drug-likeness (QED) is 0.498. The Morgan fingerprint density at radius 2 is 2.29 bits per heavy atom. The highest BCUT2D eigenvalue weighted by molar-refractivity contribution is 6.21. The summed E-state index contributed by atoms with van der Waals surface area (Å²) in [6.07, 6.45) is 1.08. The van der Waals surface area contributed by atoms with E-state index in [1.165, 1.54) is 0 Å². The van der Waals surface area contributed by atoms with Crippen molar-refractivity contribution in [2.45, 2.75) is 13.3 Å². The molecule has 1 N–H and O–H groups in total. The minimum absolute atomic E-state index is 0.927. The van der Waals surface area contributed by atoms with Crippen LogP contribution in [0.4, 0.5) is 0 Å². The van der Waals surface area contributed by atoms with Crippen LogP contribution in [-0.4, -0.2) is 31.0 Å². The van der Waals surface area contributed by atoms with Crippen molar-refractivity contribution in [2.75, 3.05) is 13.6 Å². The zero-order chi connectivity index (χ0) is 5.70. The molecule has 0 aliphatic carbocycles. The lowest BCUT2D eigenvalue weighted by Gasteiger charge is -2.07. The normalized spacial score (nSPS) is 9.71. The molecule has 0 fully saturated rings. The van der Waals surface area contributed by atoms with Gasteiger partial charge in [-0.05, 0) is 20.0 Å². The van der Waals surface area contributed by atoms with Gasteiger partial charge in [-0.15, -0.1) is 0 Å². The number of nitrogens with zero attached hydrogens (tertiary/aromatic N) is 1. The first-order valence-electron chi connectivity index (χ1n) is 2.49. The van der Waals surface area contributed by atoms with Crippen LogP contribution in [0.15, 0.2) is 0 Å². The third-order valence-corrected chi connectivity index (χ3v) is 0.773. The second kappa shape index (κ2) is 4.15. The van der Waals surface area contributed by atoms with E-state index >= 15 is 0 Å². The van der Waals surface area contributed by atoms with Crippen LogP contribution in [0, 0.1) is 0 Å². The van der Waals surface area contributed by atoms with Crippen LogP contribution < -0.4 is 0 Å². The summed E-state index contributed by atoms with van der Waals surface area (Å²) in [5.41, 5.74) is 0. The maximum Gasteiger partial charge on any atom is 0.395 e. The summed E-state index contributed by atoms with van der Waals surface area (Å²) in [5, 5.41) is 8.27. The van der Waals surface area contributed by atoms with Gasteiger partial charge in [0.15, 0.2) is 0 Å². The van der Waals surface area contributed by atoms with Crippen LogP contribution in [0.5, 0.6) is 0 Å². The molecule has 7 heavy (non-hydrogen) atoms. The Morgan fingerprint density at radius 3 is 2.43 bits per heavy atom. The predicted molar refractivity (Wildman–Crippen MR) is 30.9 cm³/mol. The van der Waals surface area contributed by atoms with Crippen molar-refractivity contribution >= 4 is 7.62 Å². The van der Waals surface area contributed by atoms with Crippen molar-refractivity contribution in [3.63, 3.8) is 0 Å². The second-order valence-corrected chi connectivity index (χ2v) is 1.60. The van der Waals surface area contributed by atoms with Crippen molar-refractivity contribution in [1.82, 2.24) is 4.81 Å². The van der Waals surface area contributed by atoms with Crippen molar-refractivity contribution in [3.8, 4) is 0 Å². The van der Waals surface area contributed by atoms with Gasteiger partial charge in [-0.3, -0.25) is 0 Å². The highest BCUT2D eigenvalue weighted by atomic mass is 16.2. The summed E-state index contributed by atoms with van der Waals surface area (Å²) in [6, 6.07) is 0. The summed E-state index contributed by atoms with van der Waals surface area (Å²) >= 11 is 0. The Kier molecular flexibility index (Phi) is 4.14. The maximum absolute atomic E-state index is 8.27. The van der Waals surface area contributed by atoms with Crippen LogP contribution in [0.2, 0.25) is 0 Å². The summed E-state index contributed by atoms with van der Waals surface area (Å²) in [5.74, 6) is 0. The molecule has 0 spiro atoms. The molecule has 0 atom stereocenters. The van der Waals surface area contributed by atoms with Crippen LogP contribution in [0.25, 0.3) is 0 Å². The van der Waals surface area contributed by atoms with E-state index in [0.29, 0.717) is 0 Å². The number of rotatable bonds is 3. The molecule has 41 valence electrons. The molecule has 0 unspecified atom stereocenters. The fraction of sp³-hybridized carbons (Fsp3) is 1.00. The molecule has 0 heterocycles. The monoisotopic (exact) mass is 100 g/mol. The van der Waals surface area contributed by atoms with Crippen molar-refractivity contribution in [3.05, 3.63) is 0 Å². The van der Waals surface area contributed by atoms with E-state index < -0.39 is 0 Å². The van der Waals surface area contributed by atoms with Gasteiger partial charge in [0.1, 0.15) is 0 Å². The van der Waals surface area contributed by atoms with Gasteiger partial charge in [-0.1, -0.05) is 6.92 Å². The molecule has 2 nitrogen and oxygen atoms in total. The topological polar surface area (TPSA) is 23.5 Å². The van der Waals surface area contributed by atoms with Crippen LogP contribution >= 0.6 is 0 Å². The van der Waals surface area contributed by atoms with Gasteiger partial charge >= 0.3 is 7.62 Å². The first-order chi connectivity index (χ1) is 3.31. The molecule has 0 amide bonds. The van der Waals surface area contributed by atoms with E-state index in [9.17, 15) is 0 Å². The lowest BCUT2D eigenvalue weighted by atomic mass is 10.2. The lowest BCUT2D eigenvalue weighted by Crippen LogP contribution is -2.23. The molecule has 1 radical (unpaired) electrons. The SMILES string of the molecule is CCCN(C)[B]O. The van der Waals surface area contributed by atoms with Gasteiger partial charge in [0.25, 0.3) is 0 Å². The van der Waals surface area contributed by atoms with Gasteiger partial charge in [0, 0.05) is 0 Å². The molecule has 0 aromatic heterocycles. The average molecular weight is 99.9 g/mol. The van der Waals surface area contributed by atoms with Crippen molar-refractivity contribution in [1.29, 1.82) is 0 Å². The Labute approximate surface area is 45.4 Å². The fourth-order valence-electron chi connectivity index (χ4n) is 0.410. The van der Waals surface area contributed by atoms with E-state index in [2.05, 4.69) is 6.92 Å². The molecule has 0 aliphatic heterocycles. The number of hydrogen-bond acceptors (Lipinski definition) is 2. The Balaban J connectivity index is 2.83. The summed E-state index contributed by atoms with van der Waals surface area (Å²) in [7, 11) is 2.92. The lowest BCUT2D eigenvalue weighted by molar-refractivity contribution is 0.441. The van der Waals surface area contributed by atoms with E-state index in [-0.39, 0.29) is 0 Å². The van der Waals surface area contributed by atoms with E-state index in [1.54, 1.807) is 4.81 Å². The largest absolute Gasteiger partial charge is 0.440 e. The third-order valence-electron chi connectivity index (χ3n) is 0.773. The van der Waals surface area contributed by atoms with Crippen molar-refractivity contribution in [2.24, 2.45) is 0 Å². The minimum atomic E-state index is 0.927. The third kappa shape index (κ3) is 3.82. The van der Waals surface area contributed by atoms with Crippen LogP contribution in [0.3, 0.4) is 0 Å². The Morgan fingerprint density at radius 1 is 1.71 bits per heavy atom. The van der Waals surface area contributed by atoms with Gasteiger partial charge in [0.2, 0.25) is 0 Å². The molecule has 0 bridgehead atoms. The highest BCUT2D eigenvalue weighted by Gasteiger charge is 1.92. The van der Waals surface area contributed by atoms with Crippen LogP contribution in [0.1, 0.15) is 13.3 Å². The van der Waals surface area contributed by atoms with Gasteiger partial charge < -0.3 is 9.83 Å². The molecule has 0 aliphatic rings. The van der Waals surface area contributed by atoms with E-state index in [0.717, 1.165) is 20.6 Å². The molecular formula is C4H11BNO. The molecular weight excluding hydrogens is 88.9 g/mol. The smallest absolute Gasteiger partial charge is 0.395 e. The predicted octanol–water partition coefficient (Wildman–Crippen LogP) is -0.145.